The van der Waals surface area contributed by atoms with Crippen LogP contribution in [0.1, 0.15) is 0 Å². The Bertz CT molecular complexity index is 219. The Morgan fingerprint density at radius 1 is 0.688 bits per heavy atom. The summed E-state index contributed by atoms with van der Waals surface area (Å²) in [5.41, 5.74) is 0. The molecule has 0 saturated carbocycles. The molecule has 1 saturated heterocycles. The molecule has 0 amide bonds. The van der Waals surface area contributed by atoms with E-state index in [1.54, 1.807) is 0 Å². The molecule has 0 atom stereocenters. The largest absolute Gasteiger partial charge is 0.436 e. The van der Waals surface area contributed by atoms with Crippen LogP contribution in [0.4, 0.5) is 0 Å². The van der Waals surface area contributed by atoms with E-state index in [9.17, 15) is 0 Å². The molecule has 1 fully saturated rings. The van der Waals surface area contributed by atoms with Crippen molar-refractivity contribution in [2.45, 2.75) is 51.4 Å². The van der Waals surface area contributed by atoms with Crippen molar-refractivity contribution in [2.24, 2.45) is 0 Å². The highest BCUT2D eigenvalue weighted by molar-refractivity contribution is 6.87. The standard InChI is InChI=1S/C10H26O3Si3/c1-14(2)9-7-11-8-10-15(3,4)13-16(5,6)12-14/h7-10H2,1-6H3. The molecule has 3 nitrogen and oxygen atoms in total. The molecule has 1 aliphatic rings. The molecule has 0 aromatic heterocycles. The highest BCUT2D eigenvalue weighted by atomic mass is 28.5. The van der Waals surface area contributed by atoms with Crippen LogP contribution in [-0.2, 0) is 13.0 Å². The second-order valence-electron chi connectivity index (χ2n) is 6.24. The Hall–Kier alpha value is 0.531. The fourth-order valence-corrected chi connectivity index (χ4v) is 15.5. The van der Waals surface area contributed by atoms with E-state index in [-0.39, 0.29) is 0 Å². The van der Waals surface area contributed by atoms with Crippen molar-refractivity contribution in [1.82, 2.24) is 0 Å². The lowest BCUT2D eigenvalue weighted by molar-refractivity contribution is 0.153. The zero-order valence-electron chi connectivity index (χ0n) is 11.6. The van der Waals surface area contributed by atoms with Crippen molar-refractivity contribution in [3.8, 4) is 0 Å². The van der Waals surface area contributed by atoms with E-state index >= 15 is 0 Å². The first-order valence-corrected chi connectivity index (χ1v) is 15.1. The zero-order chi connectivity index (χ0) is 12.4. The number of rotatable bonds is 0. The van der Waals surface area contributed by atoms with Crippen molar-refractivity contribution < 1.29 is 13.0 Å². The smallest absolute Gasteiger partial charge is 0.311 e. The van der Waals surface area contributed by atoms with Crippen molar-refractivity contribution in [2.75, 3.05) is 13.2 Å². The molecule has 0 N–H and O–H groups in total. The lowest BCUT2D eigenvalue weighted by Gasteiger charge is -2.39. The fourth-order valence-electron chi connectivity index (χ4n) is 2.19. The van der Waals surface area contributed by atoms with Crippen LogP contribution in [0.2, 0.25) is 51.4 Å². The summed E-state index contributed by atoms with van der Waals surface area (Å²) < 4.78 is 18.4. The summed E-state index contributed by atoms with van der Waals surface area (Å²) in [5, 5.41) is 0. The van der Waals surface area contributed by atoms with Gasteiger partial charge in [-0.1, -0.05) is 0 Å². The van der Waals surface area contributed by atoms with Crippen LogP contribution in [0.25, 0.3) is 0 Å². The molecule has 0 radical (unpaired) electrons. The minimum atomic E-state index is -1.93. The fraction of sp³-hybridized carbons (Fsp3) is 1.00. The average Bonchev–Trinajstić information content (AvgIpc) is 1.96. The molecule has 1 heterocycles. The van der Waals surface area contributed by atoms with Gasteiger partial charge in [-0.3, -0.25) is 0 Å². The number of ether oxygens (including phenoxy) is 1. The second kappa shape index (κ2) is 5.03. The molecule has 0 bridgehead atoms. The summed E-state index contributed by atoms with van der Waals surface area (Å²) in [6.07, 6.45) is 0. The minimum absolute atomic E-state index is 0.855. The van der Waals surface area contributed by atoms with Gasteiger partial charge in [0.25, 0.3) is 0 Å². The van der Waals surface area contributed by atoms with Gasteiger partial charge in [0.05, 0.1) is 0 Å². The van der Waals surface area contributed by atoms with E-state index in [1.807, 2.05) is 0 Å². The van der Waals surface area contributed by atoms with Crippen molar-refractivity contribution in [3.05, 3.63) is 0 Å². The van der Waals surface area contributed by atoms with E-state index in [0.717, 1.165) is 25.3 Å². The molecule has 0 unspecified atom stereocenters. The third-order valence-corrected chi connectivity index (χ3v) is 13.9. The minimum Gasteiger partial charge on any atom is -0.436 e. The molecule has 96 valence electrons. The maximum Gasteiger partial charge on any atom is 0.311 e. The molecule has 0 aromatic carbocycles. The van der Waals surface area contributed by atoms with E-state index in [1.165, 1.54) is 0 Å². The molecular weight excluding hydrogens is 252 g/mol. The van der Waals surface area contributed by atoms with Gasteiger partial charge >= 0.3 is 8.56 Å². The Morgan fingerprint density at radius 3 is 1.44 bits per heavy atom. The van der Waals surface area contributed by atoms with Crippen LogP contribution in [0.15, 0.2) is 0 Å². The predicted octanol–water partition coefficient (Wildman–Crippen LogP) is 3.16. The van der Waals surface area contributed by atoms with Crippen LogP contribution in [0, 0.1) is 0 Å². The number of hydrogen-bond donors (Lipinski definition) is 0. The topological polar surface area (TPSA) is 27.7 Å². The van der Waals surface area contributed by atoms with Gasteiger partial charge in [0.15, 0.2) is 16.6 Å². The normalized spacial score (nSPS) is 29.6. The highest BCUT2D eigenvalue weighted by Crippen LogP contribution is 2.25. The summed E-state index contributed by atoms with van der Waals surface area (Å²) in [7, 11) is -5.11. The monoisotopic (exact) mass is 278 g/mol. The second-order valence-corrected chi connectivity index (χ2v) is 18.7. The van der Waals surface area contributed by atoms with Gasteiger partial charge in [-0.2, -0.15) is 0 Å². The summed E-state index contributed by atoms with van der Waals surface area (Å²) in [4.78, 5) is 0. The lowest BCUT2D eigenvalue weighted by Crippen LogP contribution is -2.53. The van der Waals surface area contributed by atoms with E-state index in [4.69, 9.17) is 13.0 Å². The molecule has 0 spiro atoms. The van der Waals surface area contributed by atoms with Gasteiger partial charge in [0.2, 0.25) is 0 Å². The summed E-state index contributed by atoms with van der Waals surface area (Å²) >= 11 is 0. The van der Waals surface area contributed by atoms with Crippen LogP contribution < -0.4 is 0 Å². The van der Waals surface area contributed by atoms with Crippen LogP contribution in [-0.4, -0.2) is 38.4 Å². The predicted molar refractivity (Wildman–Crippen MR) is 75.0 cm³/mol. The van der Waals surface area contributed by atoms with Crippen LogP contribution in [0.5, 0.6) is 0 Å². The van der Waals surface area contributed by atoms with Gasteiger partial charge in [-0.05, 0) is 51.4 Å². The third kappa shape index (κ3) is 5.24. The maximum absolute atomic E-state index is 6.35. The lowest BCUT2D eigenvalue weighted by atomic mass is 10.8. The van der Waals surface area contributed by atoms with Gasteiger partial charge in [0, 0.05) is 13.2 Å². The Kier molecular flexibility index (Phi) is 4.59. The molecule has 1 aliphatic heterocycles. The Labute approximate surface area is 103 Å². The van der Waals surface area contributed by atoms with Crippen LogP contribution in [0.3, 0.4) is 0 Å². The molecule has 1 rings (SSSR count). The summed E-state index contributed by atoms with van der Waals surface area (Å²) in [6, 6.07) is 2.16. The van der Waals surface area contributed by atoms with E-state index < -0.39 is 25.2 Å². The van der Waals surface area contributed by atoms with Crippen molar-refractivity contribution in [1.29, 1.82) is 0 Å². The Morgan fingerprint density at radius 2 is 1.06 bits per heavy atom. The first kappa shape index (κ1) is 14.6. The quantitative estimate of drug-likeness (QED) is 0.637. The first-order chi connectivity index (χ1) is 7.12. The number of hydrogen-bond acceptors (Lipinski definition) is 3. The van der Waals surface area contributed by atoms with E-state index in [0.29, 0.717) is 0 Å². The summed E-state index contributed by atoms with van der Waals surface area (Å²) in [5.74, 6) is 0. The first-order valence-electron chi connectivity index (χ1n) is 6.10. The SMILES string of the molecule is C[Si]1(C)CCOCC[Si](C)(C)O[Si](C)(C)O1. The molecule has 6 heteroatoms. The highest BCUT2D eigenvalue weighted by Gasteiger charge is 2.40. The van der Waals surface area contributed by atoms with Crippen molar-refractivity contribution in [3.63, 3.8) is 0 Å². The van der Waals surface area contributed by atoms with E-state index in [2.05, 4.69) is 39.3 Å². The van der Waals surface area contributed by atoms with Gasteiger partial charge in [0.1, 0.15) is 0 Å². The molecule has 0 aromatic rings. The molecule has 0 aliphatic carbocycles. The zero-order valence-corrected chi connectivity index (χ0v) is 14.6. The average molecular weight is 279 g/mol. The van der Waals surface area contributed by atoms with Crippen LogP contribution >= 0.6 is 0 Å². The maximum atomic E-state index is 6.35. The van der Waals surface area contributed by atoms with Gasteiger partial charge in [-0.15, -0.1) is 0 Å². The Balaban J connectivity index is 2.76. The van der Waals surface area contributed by atoms with Crippen molar-refractivity contribution >= 4 is 25.2 Å². The van der Waals surface area contributed by atoms with Gasteiger partial charge < -0.3 is 13.0 Å². The molecular formula is C10H26O3Si3. The molecule has 16 heavy (non-hydrogen) atoms. The summed E-state index contributed by atoms with van der Waals surface area (Å²) in [6.45, 7) is 15.2. The third-order valence-electron chi connectivity index (χ3n) is 2.74. The van der Waals surface area contributed by atoms with Gasteiger partial charge in [-0.25, -0.2) is 0 Å².